The molecule has 1 aromatic carbocycles. The van der Waals surface area contributed by atoms with Gasteiger partial charge in [-0.05, 0) is 65.8 Å². The molecule has 0 N–H and O–H groups in total. The quantitative estimate of drug-likeness (QED) is 0.419. The molecule has 0 fully saturated rings. The first kappa shape index (κ1) is 23.8. The predicted molar refractivity (Wildman–Crippen MR) is 103 cm³/mol. The topological polar surface area (TPSA) is 43.4 Å². The van der Waals surface area contributed by atoms with Crippen LogP contribution < -0.4 is 4.18 Å². The molecule has 0 radical (unpaired) electrons. The molecular formula is C20H31F3O3S. The van der Waals surface area contributed by atoms with E-state index < -0.39 is 15.6 Å². The molecule has 3 nitrogen and oxygen atoms in total. The number of hydrogen-bond acceptors (Lipinski definition) is 3. The van der Waals surface area contributed by atoms with Crippen LogP contribution in [0.2, 0.25) is 0 Å². The second-order valence-electron chi connectivity index (χ2n) is 7.59. The molecule has 0 saturated carbocycles. The Balaban J connectivity index is 0.00000176. The highest BCUT2D eigenvalue weighted by molar-refractivity contribution is 7.88. The Morgan fingerprint density at radius 1 is 1.15 bits per heavy atom. The van der Waals surface area contributed by atoms with Gasteiger partial charge in [0.1, 0.15) is 5.75 Å². The third-order valence-corrected chi connectivity index (χ3v) is 6.21. The minimum absolute atomic E-state index is 0.119. The monoisotopic (exact) mass is 408 g/mol. The van der Waals surface area contributed by atoms with Crippen molar-refractivity contribution in [2.24, 2.45) is 0 Å². The van der Waals surface area contributed by atoms with E-state index in [1.54, 1.807) is 6.92 Å². The lowest BCUT2D eigenvalue weighted by Crippen LogP contribution is -2.28. The summed E-state index contributed by atoms with van der Waals surface area (Å²) in [4.78, 5) is 0. The number of halogens is 3. The van der Waals surface area contributed by atoms with E-state index in [9.17, 15) is 21.6 Å². The van der Waals surface area contributed by atoms with E-state index in [0.29, 0.717) is 0 Å². The molecule has 1 unspecified atom stereocenters. The van der Waals surface area contributed by atoms with Crippen molar-refractivity contribution in [1.82, 2.24) is 0 Å². The van der Waals surface area contributed by atoms with Gasteiger partial charge in [0.25, 0.3) is 0 Å². The van der Waals surface area contributed by atoms with Crippen molar-refractivity contribution in [3.8, 4) is 5.75 Å². The van der Waals surface area contributed by atoms with Crippen molar-refractivity contribution in [2.75, 3.05) is 0 Å². The van der Waals surface area contributed by atoms with Crippen LogP contribution in [0.3, 0.4) is 0 Å². The average molecular weight is 409 g/mol. The summed E-state index contributed by atoms with van der Waals surface area (Å²) >= 11 is 0. The van der Waals surface area contributed by atoms with Crippen LogP contribution in [0.1, 0.15) is 83.9 Å². The molecule has 1 atom stereocenters. The molecule has 0 heterocycles. The largest absolute Gasteiger partial charge is 0.534 e. The van der Waals surface area contributed by atoms with Crippen LogP contribution in [-0.4, -0.2) is 13.9 Å². The van der Waals surface area contributed by atoms with Crippen LogP contribution in [0.15, 0.2) is 12.1 Å². The highest BCUT2D eigenvalue weighted by atomic mass is 32.2. The SMILES string of the molecule is CC.CCCC1(CC)CC(C)(C)c2c(C)cc(OS(=O)(=O)C(F)(F)F)cc21. The molecule has 0 saturated heterocycles. The van der Waals surface area contributed by atoms with Crippen LogP contribution in [0, 0.1) is 6.92 Å². The Hall–Kier alpha value is -1.24. The second-order valence-corrected chi connectivity index (χ2v) is 9.13. The fourth-order valence-corrected chi connectivity index (χ4v) is 4.96. The minimum Gasteiger partial charge on any atom is -0.376 e. The van der Waals surface area contributed by atoms with E-state index in [0.717, 1.165) is 42.4 Å². The van der Waals surface area contributed by atoms with E-state index in [1.165, 1.54) is 12.1 Å². The first-order valence-electron chi connectivity index (χ1n) is 9.46. The summed E-state index contributed by atoms with van der Waals surface area (Å²) in [6.45, 7) is 14.2. The molecule has 27 heavy (non-hydrogen) atoms. The second kappa shape index (κ2) is 8.02. The summed E-state index contributed by atoms with van der Waals surface area (Å²) in [5.74, 6) is -0.264. The van der Waals surface area contributed by atoms with Crippen molar-refractivity contribution in [1.29, 1.82) is 0 Å². The van der Waals surface area contributed by atoms with Gasteiger partial charge in [0, 0.05) is 0 Å². The predicted octanol–water partition coefficient (Wildman–Crippen LogP) is 6.38. The molecule has 2 rings (SSSR count). The van der Waals surface area contributed by atoms with Crippen molar-refractivity contribution < 1.29 is 25.8 Å². The molecule has 7 heteroatoms. The normalized spacial score (nSPS) is 21.3. The molecule has 156 valence electrons. The van der Waals surface area contributed by atoms with Gasteiger partial charge >= 0.3 is 15.6 Å². The van der Waals surface area contributed by atoms with Crippen molar-refractivity contribution in [3.05, 3.63) is 28.8 Å². The van der Waals surface area contributed by atoms with Gasteiger partial charge in [-0.2, -0.15) is 21.6 Å². The van der Waals surface area contributed by atoms with Crippen molar-refractivity contribution in [3.63, 3.8) is 0 Å². The maximum Gasteiger partial charge on any atom is 0.534 e. The van der Waals surface area contributed by atoms with Crippen LogP contribution in [-0.2, 0) is 20.9 Å². The summed E-state index contributed by atoms with van der Waals surface area (Å²) in [6, 6.07) is 2.89. The summed E-state index contributed by atoms with van der Waals surface area (Å²) < 4.78 is 65.1. The van der Waals surface area contributed by atoms with E-state index in [1.807, 2.05) is 13.8 Å². The maximum absolute atomic E-state index is 12.6. The molecular weight excluding hydrogens is 377 g/mol. The van der Waals surface area contributed by atoms with E-state index in [2.05, 4.69) is 31.9 Å². The van der Waals surface area contributed by atoms with Gasteiger partial charge < -0.3 is 4.18 Å². The summed E-state index contributed by atoms with van der Waals surface area (Å²) in [7, 11) is -5.67. The minimum atomic E-state index is -5.67. The average Bonchev–Trinajstić information content (AvgIpc) is 2.76. The van der Waals surface area contributed by atoms with Crippen LogP contribution in [0.5, 0.6) is 5.75 Å². The Labute approximate surface area is 161 Å². The zero-order chi connectivity index (χ0) is 21.3. The maximum atomic E-state index is 12.6. The lowest BCUT2D eigenvalue weighted by Gasteiger charge is -2.31. The van der Waals surface area contributed by atoms with Gasteiger partial charge in [-0.15, -0.1) is 0 Å². The molecule has 0 aromatic heterocycles. The number of benzene rings is 1. The van der Waals surface area contributed by atoms with Gasteiger partial charge in [-0.25, -0.2) is 0 Å². The number of alkyl halides is 3. The van der Waals surface area contributed by atoms with E-state index in [-0.39, 0.29) is 16.6 Å². The van der Waals surface area contributed by atoms with Crippen LogP contribution >= 0.6 is 0 Å². The van der Waals surface area contributed by atoms with Crippen molar-refractivity contribution >= 4 is 10.1 Å². The van der Waals surface area contributed by atoms with Gasteiger partial charge in [0.15, 0.2) is 0 Å². The molecule has 1 aromatic rings. The van der Waals surface area contributed by atoms with Gasteiger partial charge in [0.2, 0.25) is 0 Å². The van der Waals surface area contributed by atoms with E-state index >= 15 is 0 Å². The van der Waals surface area contributed by atoms with Crippen LogP contribution in [0.4, 0.5) is 13.2 Å². The first-order valence-corrected chi connectivity index (χ1v) is 10.9. The number of aryl methyl sites for hydroxylation is 1. The standard InChI is InChI=1S/C18H25F3O3S.C2H6/c1-6-8-17(7-2)11-16(4,5)15-12(3)9-13(10-14(15)17)24-25(22,23)18(19,20)21;1-2/h9-10H,6-8,11H2,1-5H3;1-2H3. The Bertz CT molecular complexity index is 767. The number of rotatable bonds is 5. The van der Waals surface area contributed by atoms with E-state index in [4.69, 9.17) is 0 Å². The summed E-state index contributed by atoms with van der Waals surface area (Å²) in [5.41, 5.74) is -2.94. The Kier molecular flexibility index (Phi) is 7.07. The first-order chi connectivity index (χ1) is 12.3. The fraction of sp³-hybridized carbons (Fsp3) is 0.700. The molecule has 1 aliphatic carbocycles. The summed E-state index contributed by atoms with van der Waals surface area (Å²) in [5, 5.41) is 0. The number of hydrogen-bond donors (Lipinski definition) is 0. The summed E-state index contributed by atoms with van der Waals surface area (Å²) in [6.07, 6.45) is 3.56. The Morgan fingerprint density at radius 2 is 1.70 bits per heavy atom. The molecule has 1 aliphatic rings. The highest BCUT2D eigenvalue weighted by Crippen LogP contribution is 2.55. The third kappa shape index (κ3) is 4.44. The number of fused-ring (bicyclic) bond motifs is 1. The van der Waals surface area contributed by atoms with Gasteiger partial charge in [-0.3, -0.25) is 0 Å². The molecule has 0 aliphatic heterocycles. The van der Waals surface area contributed by atoms with Gasteiger partial charge in [0.05, 0.1) is 0 Å². The lowest BCUT2D eigenvalue weighted by atomic mass is 9.73. The molecule has 0 spiro atoms. The van der Waals surface area contributed by atoms with Gasteiger partial charge in [-0.1, -0.05) is 48.0 Å². The van der Waals surface area contributed by atoms with Crippen LogP contribution in [0.25, 0.3) is 0 Å². The zero-order valence-corrected chi connectivity index (χ0v) is 18.1. The Morgan fingerprint density at radius 3 is 2.15 bits per heavy atom. The highest BCUT2D eigenvalue weighted by Gasteiger charge is 2.50. The molecule has 0 bridgehead atoms. The zero-order valence-electron chi connectivity index (χ0n) is 17.3. The van der Waals surface area contributed by atoms with Crippen molar-refractivity contribution in [2.45, 2.75) is 90.5 Å². The molecule has 0 amide bonds. The fourth-order valence-electron chi connectivity index (χ4n) is 4.52. The lowest BCUT2D eigenvalue weighted by molar-refractivity contribution is -0.0500. The third-order valence-electron chi connectivity index (χ3n) is 5.23. The smallest absolute Gasteiger partial charge is 0.376 e.